The molecule has 4 nitrogen and oxygen atoms in total. The summed E-state index contributed by atoms with van der Waals surface area (Å²) in [7, 11) is 2.10. The quantitative estimate of drug-likeness (QED) is 0.789. The van der Waals surface area contributed by atoms with Crippen molar-refractivity contribution >= 4 is 11.5 Å². The van der Waals surface area contributed by atoms with Crippen LogP contribution >= 0.6 is 0 Å². The largest absolute Gasteiger partial charge is 0.478 e. The van der Waals surface area contributed by atoms with E-state index in [2.05, 4.69) is 47.4 Å². The Bertz CT molecular complexity index is 470. The van der Waals surface area contributed by atoms with Gasteiger partial charge in [0.05, 0.1) is 18.8 Å². The number of nitrogens with one attached hydrogen (secondary N) is 1. The summed E-state index contributed by atoms with van der Waals surface area (Å²) in [5.74, 6) is 1.95. The second kappa shape index (κ2) is 3.95. The Balaban J connectivity index is 1.91. The van der Waals surface area contributed by atoms with Gasteiger partial charge in [-0.1, -0.05) is 6.07 Å². The molecule has 0 aliphatic carbocycles. The van der Waals surface area contributed by atoms with Crippen molar-refractivity contribution in [2.24, 2.45) is 4.99 Å². The highest BCUT2D eigenvalue weighted by atomic mass is 16.5. The van der Waals surface area contributed by atoms with Crippen molar-refractivity contribution in [2.45, 2.75) is 13.0 Å². The molecule has 1 N–H and O–H groups in total. The van der Waals surface area contributed by atoms with Crippen LogP contribution < -0.4 is 15.0 Å². The summed E-state index contributed by atoms with van der Waals surface area (Å²) < 4.78 is 6.03. The fourth-order valence-electron chi connectivity index (χ4n) is 2.34. The summed E-state index contributed by atoms with van der Waals surface area (Å²) in [5.41, 5.74) is 2.38. The van der Waals surface area contributed by atoms with Gasteiger partial charge in [0, 0.05) is 13.6 Å². The van der Waals surface area contributed by atoms with Crippen LogP contribution in [0.1, 0.15) is 5.56 Å². The van der Waals surface area contributed by atoms with Crippen LogP contribution in [0.3, 0.4) is 0 Å². The molecule has 0 saturated heterocycles. The molecule has 1 aromatic rings. The van der Waals surface area contributed by atoms with Crippen LogP contribution in [0.15, 0.2) is 23.2 Å². The normalized spacial score (nSPS) is 22.6. The number of fused-ring (bicyclic) bond motifs is 1. The van der Waals surface area contributed by atoms with E-state index in [1.54, 1.807) is 0 Å². The van der Waals surface area contributed by atoms with Gasteiger partial charge in [0.1, 0.15) is 11.6 Å². The maximum Gasteiger partial charge on any atom is 0.173 e. The van der Waals surface area contributed by atoms with Crippen LogP contribution in [-0.4, -0.2) is 38.6 Å². The van der Waals surface area contributed by atoms with Crippen LogP contribution in [0, 0.1) is 6.92 Å². The van der Waals surface area contributed by atoms with Crippen LogP contribution in [0.5, 0.6) is 5.75 Å². The first-order valence-electron chi connectivity index (χ1n) is 6.01. The number of amidine groups is 1. The van der Waals surface area contributed by atoms with Gasteiger partial charge in [0.25, 0.3) is 0 Å². The molecular weight excluding hydrogens is 214 g/mol. The summed E-state index contributed by atoms with van der Waals surface area (Å²) in [6, 6.07) is 6.32. The zero-order valence-corrected chi connectivity index (χ0v) is 10.2. The molecule has 2 aliphatic rings. The average Bonchev–Trinajstić information content (AvgIpc) is 2.81. The lowest BCUT2D eigenvalue weighted by Gasteiger charge is -2.34. The van der Waals surface area contributed by atoms with Gasteiger partial charge < -0.3 is 15.0 Å². The lowest BCUT2D eigenvalue weighted by Crippen LogP contribution is -2.46. The minimum Gasteiger partial charge on any atom is -0.478 e. The third kappa shape index (κ3) is 1.84. The maximum absolute atomic E-state index is 6.03. The Morgan fingerprint density at radius 3 is 3.12 bits per heavy atom. The molecule has 0 radical (unpaired) electrons. The molecule has 0 bridgehead atoms. The Hall–Kier alpha value is -1.71. The van der Waals surface area contributed by atoms with Gasteiger partial charge in [-0.2, -0.15) is 0 Å². The molecule has 0 saturated carbocycles. The van der Waals surface area contributed by atoms with E-state index < -0.39 is 0 Å². The lowest BCUT2D eigenvalue weighted by atomic mass is 10.1. The number of hydrogen-bond acceptors (Lipinski definition) is 4. The molecule has 3 rings (SSSR count). The number of likely N-dealkylation sites (N-methyl/N-ethyl adjacent to an activating group) is 1. The number of ether oxygens (including phenoxy) is 1. The second-order valence-corrected chi connectivity index (χ2v) is 4.65. The summed E-state index contributed by atoms with van der Waals surface area (Å²) in [5, 5.41) is 3.29. The van der Waals surface area contributed by atoms with Gasteiger partial charge >= 0.3 is 0 Å². The first-order valence-corrected chi connectivity index (χ1v) is 6.01. The fourth-order valence-corrected chi connectivity index (χ4v) is 2.34. The number of hydrogen-bond donors (Lipinski definition) is 1. The van der Waals surface area contributed by atoms with E-state index in [4.69, 9.17) is 4.74 Å². The van der Waals surface area contributed by atoms with Crippen molar-refractivity contribution < 1.29 is 4.74 Å². The Labute approximate surface area is 101 Å². The number of benzene rings is 1. The monoisotopic (exact) mass is 231 g/mol. The van der Waals surface area contributed by atoms with Crippen LogP contribution in [-0.2, 0) is 0 Å². The average molecular weight is 231 g/mol. The first kappa shape index (κ1) is 10.4. The van der Waals surface area contributed by atoms with Crippen molar-refractivity contribution in [3.8, 4) is 5.75 Å². The van der Waals surface area contributed by atoms with Crippen molar-refractivity contribution in [1.82, 2.24) is 5.32 Å². The second-order valence-electron chi connectivity index (χ2n) is 4.65. The van der Waals surface area contributed by atoms with Crippen LogP contribution in [0.2, 0.25) is 0 Å². The molecule has 4 heteroatoms. The van der Waals surface area contributed by atoms with Gasteiger partial charge in [-0.15, -0.1) is 0 Å². The molecule has 90 valence electrons. The standard InChI is InChI=1S/C13H17N3O/c1-9-3-4-10-11(7-9)17-12(8-16(10)2)13-14-5-6-15-13/h3-4,7,12H,5-6,8H2,1-2H3,(H,14,15)/t12-/m1/s1. The molecule has 0 fully saturated rings. The molecule has 0 unspecified atom stereocenters. The van der Waals surface area contributed by atoms with Gasteiger partial charge in [-0.3, -0.25) is 4.99 Å². The summed E-state index contributed by atoms with van der Waals surface area (Å²) in [4.78, 5) is 6.67. The maximum atomic E-state index is 6.03. The van der Waals surface area contributed by atoms with Crippen molar-refractivity contribution in [3.63, 3.8) is 0 Å². The molecule has 0 amide bonds. The van der Waals surface area contributed by atoms with E-state index >= 15 is 0 Å². The lowest BCUT2D eigenvalue weighted by molar-refractivity contribution is 0.255. The number of aliphatic imine (C=N–C) groups is 1. The molecule has 17 heavy (non-hydrogen) atoms. The third-order valence-corrected chi connectivity index (χ3v) is 3.24. The highest BCUT2D eigenvalue weighted by molar-refractivity contribution is 5.89. The number of anilines is 1. The third-order valence-electron chi connectivity index (χ3n) is 3.24. The van der Waals surface area contributed by atoms with Crippen LogP contribution in [0.4, 0.5) is 5.69 Å². The first-order chi connectivity index (χ1) is 8.24. The summed E-state index contributed by atoms with van der Waals surface area (Å²) >= 11 is 0. The highest BCUT2D eigenvalue weighted by Crippen LogP contribution is 2.33. The van der Waals surface area contributed by atoms with Crippen molar-refractivity contribution in [1.29, 1.82) is 0 Å². The number of nitrogens with zero attached hydrogens (tertiary/aromatic N) is 2. The van der Waals surface area contributed by atoms with E-state index in [-0.39, 0.29) is 6.10 Å². The van der Waals surface area contributed by atoms with E-state index in [0.29, 0.717) is 0 Å². The van der Waals surface area contributed by atoms with Crippen molar-refractivity contribution in [2.75, 3.05) is 31.6 Å². The van der Waals surface area contributed by atoms with E-state index in [1.807, 2.05) is 0 Å². The van der Waals surface area contributed by atoms with E-state index in [0.717, 1.165) is 36.9 Å². The smallest absolute Gasteiger partial charge is 0.173 e. The summed E-state index contributed by atoms with van der Waals surface area (Å²) in [6.07, 6.45) is 0.0387. The molecular formula is C13H17N3O. The zero-order chi connectivity index (χ0) is 11.8. The number of rotatable bonds is 1. The van der Waals surface area contributed by atoms with Gasteiger partial charge in [0.15, 0.2) is 6.10 Å². The molecule has 0 aromatic heterocycles. The fraction of sp³-hybridized carbons (Fsp3) is 0.462. The highest BCUT2D eigenvalue weighted by Gasteiger charge is 2.28. The Morgan fingerprint density at radius 2 is 2.35 bits per heavy atom. The minimum absolute atomic E-state index is 0.0387. The molecule has 2 aliphatic heterocycles. The van der Waals surface area contributed by atoms with Gasteiger partial charge in [-0.05, 0) is 24.6 Å². The Kier molecular flexibility index (Phi) is 2.42. The predicted octanol–water partition coefficient (Wildman–Crippen LogP) is 1.19. The molecule has 2 heterocycles. The SMILES string of the molecule is Cc1ccc2c(c1)O[C@@H](C1=NCCN1)CN2C. The predicted molar refractivity (Wildman–Crippen MR) is 69.2 cm³/mol. The van der Waals surface area contributed by atoms with Gasteiger partial charge in [-0.25, -0.2) is 0 Å². The molecule has 0 spiro atoms. The van der Waals surface area contributed by atoms with Gasteiger partial charge in [0.2, 0.25) is 0 Å². The number of aryl methyl sites for hydroxylation is 1. The zero-order valence-electron chi connectivity index (χ0n) is 10.2. The van der Waals surface area contributed by atoms with E-state index in [9.17, 15) is 0 Å². The summed E-state index contributed by atoms with van der Waals surface area (Å²) in [6.45, 7) is 4.72. The topological polar surface area (TPSA) is 36.9 Å². The van der Waals surface area contributed by atoms with E-state index in [1.165, 1.54) is 5.56 Å². The Morgan fingerprint density at radius 1 is 1.47 bits per heavy atom. The molecule has 1 atom stereocenters. The van der Waals surface area contributed by atoms with Crippen LogP contribution in [0.25, 0.3) is 0 Å². The minimum atomic E-state index is 0.0387. The molecule has 1 aromatic carbocycles. The van der Waals surface area contributed by atoms with Crippen molar-refractivity contribution in [3.05, 3.63) is 23.8 Å².